The molecule has 0 fully saturated rings. The molecule has 0 unspecified atom stereocenters. The van der Waals surface area contributed by atoms with Crippen molar-refractivity contribution in [3.05, 3.63) is 48.8 Å². The summed E-state index contributed by atoms with van der Waals surface area (Å²) in [6, 6.07) is 10.7. The molecule has 0 amide bonds. The Morgan fingerprint density at radius 1 is 0.944 bits per heavy atom. The summed E-state index contributed by atoms with van der Waals surface area (Å²) < 4.78 is 5.24. The first-order chi connectivity index (χ1) is 8.88. The lowest BCUT2D eigenvalue weighted by molar-refractivity contribution is 0.201. The van der Waals surface area contributed by atoms with Crippen molar-refractivity contribution in [1.82, 2.24) is 4.98 Å². The highest BCUT2D eigenvalue weighted by atomic mass is 16.5. The standard InChI is InChI=1S/C13H13N3O2/c17-9-10-18-13-3-1-11(2-4-13)15-16-12-5-7-14-8-6-12/h1-8,17H,9-10H2. The van der Waals surface area contributed by atoms with Crippen LogP contribution in [0.2, 0.25) is 0 Å². The van der Waals surface area contributed by atoms with Gasteiger partial charge in [0.15, 0.2) is 0 Å². The SMILES string of the molecule is OCCOc1ccc(N=Nc2ccncc2)cc1. The van der Waals surface area contributed by atoms with Crippen LogP contribution in [0.3, 0.4) is 0 Å². The molecule has 2 rings (SSSR count). The van der Waals surface area contributed by atoms with Crippen molar-refractivity contribution in [2.45, 2.75) is 0 Å². The number of rotatable bonds is 5. The topological polar surface area (TPSA) is 67.1 Å². The zero-order valence-electron chi connectivity index (χ0n) is 9.73. The molecule has 5 nitrogen and oxygen atoms in total. The van der Waals surface area contributed by atoms with Crippen molar-refractivity contribution in [3.63, 3.8) is 0 Å². The minimum absolute atomic E-state index is 0.00347. The molecule has 0 bridgehead atoms. The lowest BCUT2D eigenvalue weighted by Crippen LogP contribution is -2.00. The predicted molar refractivity (Wildman–Crippen MR) is 67.4 cm³/mol. The number of ether oxygens (including phenoxy) is 1. The largest absolute Gasteiger partial charge is 0.491 e. The van der Waals surface area contributed by atoms with Gasteiger partial charge in [0.1, 0.15) is 12.4 Å². The Kier molecular flexibility index (Phi) is 4.38. The summed E-state index contributed by atoms with van der Waals surface area (Å²) in [6.07, 6.45) is 3.33. The van der Waals surface area contributed by atoms with Crippen LogP contribution in [0.5, 0.6) is 5.75 Å². The smallest absolute Gasteiger partial charge is 0.119 e. The van der Waals surface area contributed by atoms with Gasteiger partial charge in [-0.2, -0.15) is 10.2 Å². The van der Waals surface area contributed by atoms with E-state index in [0.29, 0.717) is 5.75 Å². The van der Waals surface area contributed by atoms with E-state index >= 15 is 0 Å². The van der Waals surface area contributed by atoms with Crippen LogP contribution in [-0.4, -0.2) is 23.3 Å². The summed E-state index contributed by atoms with van der Waals surface area (Å²) in [5.74, 6) is 0.701. The molecule has 0 saturated carbocycles. The van der Waals surface area contributed by atoms with Crippen molar-refractivity contribution in [1.29, 1.82) is 0 Å². The van der Waals surface area contributed by atoms with Gasteiger partial charge in [0.2, 0.25) is 0 Å². The maximum atomic E-state index is 8.63. The highest BCUT2D eigenvalue weighted by Crippen LogP contribution is 2.20. The molecule has 0 aliphatic heterocycles. The van der Waals surface area contributed by atoms with Crippen molar-refractivity contribution in [3.8, 4) is 5.75 Å². The third-order valence-electron chi connectivity index (χ3n) is 2.14. The zero-order chi connectivity index (χ0) is 12.6. The molecular formula is C13H13N3O2. The van der Waals surface area contributed by atoms with Crippen LogP contribution < -0.4 is 4.74 Å². The minimum Gasteiger partial charge on any atom is -0.491 e. The molecule has 1 heterocycles. The van der Waals surface area contributed by atoms with Crippen LogP contribution in [0.15, 0.2) is 59.0 Å². The molecule has 1 aromatic heterocycles. The summed E-state index contributed by atoms with van der Waals surface area (Å²) in [4.78, 5) is 3.90. The van der Waals surface area contributed by atoms with E-state index in [0.717, 1.165) is 11.4 Å². The van der Waals surface area contributed by atoms with Crippen LogP contribution in [-0.2, 0) is 0 Å². The van der Waals surface area contributed by atoms with E-state index in [1.54, 1.807) is 48.8 Å². The van der Waals surface area contributed by atoms with Gasteiger partial charge in [-0.3, -0.25) is 4.98 Å². The monoisotopic (exact) mass is 243 g/mol. The van der Waals surface area contributed by atoms with Crippen molar-refractivity contribution in [2.24, 2.45) is 10.2 Å². The Balaban J connectivity index is 2.00. The Morgan fingerprint density at radius 3 is 2.17 bits per heavy atom. The fourth-order valence-corrected chi connectivity index (χ4v) is 1.30. The molecule has 92 valence electrons. The van der Waals surface area contributed by atoms with Gasteiger partial charge in [-0.1, -0.05) is 0 Å². The molecule has 18 heavy (non-hydrogen) atoms. The number of aliphatic hydroxyl groups excluding tert-OH is 1. The number of azo groups is 1. The molecule has 0 aliphatic carbocycles. The molecule has 0 saturated heterocycles. The van der Waals surface area contributed by atoms with Gasteiger partial charge in [-0.05, 0) is 36.4 Å². The summed E-state index contributed by atoms with van der Waals surface area (Å²) >= 11 is 0. The van der Waals surface area contributed by atoms with Gasteiger partial charge in [0.05, 0.1) is 18.0 Å². The Morgan fingerprint density at radius 2 is 1.56 bits per heavy atom. The van der Waals surface area contributed by atoms with Gasteiger partial charge >= 0.3 is 0 Å². The fraction of sp³-hybridized carbons (Fsp3) is 0.154. The number of benzene rings is 1. The number of hydrogen-bond donors (Lipinski definition) is 1. The van der Waals surface area contributed by atoms with E-state index in [2.05, 4.69) is 15.2 Å². The van der Waals surface area contributed by atoms with Crippen LogP contribution in [0.4, 0.5) is 11.4 Å². The summed E-state index contributed by atoms with van der Waals surface area (Å²) in [6.45, 7) is 0.293. The van der Waals surface area contributed by atoms with Gasteiger partial charge in [-0.15, -0.1) is 0 Å². The average Bonchev–Trinajstić information content (AvgIpc) is 2.45. The number of nitrogens with zero attached hydrogens (tertiary/aromatic N) is 3. The van der Waals surface area contributed by atoms with Gasteiger partial charge in [0, 0.05) is 12.4 Å². The fourth-order valence-electron chi connectivity index (χ4n) is 1.30. The normalized spacial score (nSPS) is 10.7. The molecule has 1 N–H and O–H groups in total. The second-order valence-corrected chi connectivity index (χ2v) is 3.47. The van der Waals surface area contributed by atoms with E-state index in [4.69, 9.17) is 9.84 Å². The third kappa shape index (κ3) is 3.64. The lowest BCUT2D eigenvalue weighted by atomic mass is 10.3. The highest BCUT2D eigenvalue weighted by Gasteiger charge is 1.94. The van der Waals surface area contributed by atoms with Gasteiger partial charge in [-0.25, -0.2) is 0 Å². The van der Waals surface area contributed by atoms with Crippen LogP contribution in [0, 0.1) is 0 Å². The molecule has 2 aromatic rings. The quantitative estimate of drug-likeness (QED) is 0.821. The second-order valence-electron chi connectivity index (χ2n) is 3.47. The molecule has 0 atom stereocenters. The summed E-state index contributed by atoms with van der Waals surface area (Å²) in [5, 5.41) is 16.8. The highest BCUT2D eigenvalue weighted by molar-refractivity contribution is 5.42. The lowest BCUT2D eigenvalue weighted by Gasteiger charge is -2.03. The van der Waals surface area contributed by atoms with Crippen molar-refractivity contribution in [2.75, 3.05) is 13.2 Å². The molecule has 5 heteroatoms. The summed E-state index contributed by atoms with van der Waals surface area (Å²) in [7, 11) is 0. The van der Waals surface area contributed by atoms with Crippen LogP contribution in [0.1, 0.15) is 0 Å². The molecule has 0 spiro atoms. The van der Waals surface area contributed by atoms with E-state index in [9.17, 15) is 0 Å². The maximum Gasteiger partial charge on any atom is 0.119 e. The average molecular weight is 243 g/mol. The van der Waals surface area contributed by atoms with E-state index in [1.165, 1.54) is 0 Å². The van der Waals surface area contributed by atoms with Crippen molar-refractivity contribution < 1.29 is 9.84 Å². The maximum absolute atomic E-state index is 8.63. The molecular weight excluding hydrogens is 230 g/mol. The molecule has 0 aliphatic rings. The number of hydrogen-bond acceptors (Lipinski definition) is 5. The van der Waals surface area contributed by atoms with Crippen LogP contribution >= 0.6 is 0 Å². The van der Waals surface area contributed by atoms with E-state index in [1.807, 2.05) is 0 Å². The number of aromatic nitrogens is 1. The second kappa shape index (κ2) is 6.46. The minimum atomic E-state index is 0.00347. The Hall–Kier alpha value is -2.27. The molecule has 1 aromatic carbocycles. The zero-order valence-corrected chi connectivity index (χ0v) is 9.73. The third-order valence-corrected chi connectivity index (χ3v) is 2.14. The van der Waals surface area contributed by atoms with Crippen molar-refractivity contribution >= 4 is 11.4 Å². The first kappa shape index (κ1) is 12.2. The first-order valence-corrected chi connectivity index (χ1v) is 5.54. The van der Waals surface area contributed by atoms with Gasteiger partial charge in [0.25, 0.3) is 0 Å². The van der Waals surface area contributed by atoms with Gasteiger partial charge < -0.3 is 9.84 Å². The number of aliphatic hydroxyl groups is 1. The van der Waals surface area contributed by atoms with Crippen LogP contribution in [0.25, 0.3) is 0 Å². The Labute approximate surface area is 105 Å². The summed E-state index contributed by atoms with van der Waals surface area (Å²) in [5.41, 5.74) is 1.49. The number of pyridine rings is 1. The predicted octanol–water partition coefficient (Wildman–Crippen LogP) is 2.87. The molecule has 0 radical (unpaired) electrons. The van der Waals surface area contributed by atoms with E-state index < -0.39 is 0 Å². The Bertz CT molecular complexity index is 497. The first-order valence-electron chi connectivity index (χ1n) is 5.54. The van der Waals surface area contributed by atoms with E-state index in [-0.39, 0.29) is 13.2 Å².